The van der Waals surface area contributed by atoms with E-state index in [1.807, 2.05) is 13.8 Å². The minimum absolute atomic E-state index is 0.0473. The minimum atomic E-state index is -0.804. The first-order valence-corrected chi connectivity index (χ1v) is 8.39. The molecule has 1 amide bonds. The monoisotopic (exact) mass is 323 g/mol. The third-order valence-corrected chi connectivity index (χ3v) is 5.00. The van der Waals surface area contributed by atoms with Crippen molar-refractivity contribution < 1.29 is 14.7 Å². The highest BCUT2D eigenvalue weighted by atomic mass is 32.2. The molecule has 1 unspecified atom stereocenters. The number of nitrogens with zero attached hydrogens (tertiary/aromatic N) is 3. The van der Waals surface area contributed by atoms with Crippen molar-refractivity contribution in [2.45, 2.75) is 38.3 Å². The maximum Gasteiger partial charge on any atom is 0.311 e. The summed E-state index contributed by atoms with van der Waals surface area (Å²) in [6.07, 6.45) is 3.58. The zero-order valence-corrected chi connectivity index (χ0v) is 13.7. The maximum atomic E-state index is 12.3. The molecule has 1 aromatic heterocycles. The highest BCUT2D eigenvalue weighted by Crippen LogP contribution is 2.34. The zero-order valence-electron chi connectivity index (χ0n) is 12.9. The number of amides is 1. The van der Waals surface area contributed by atoms with Gasteiger partial charge < -0.3 is 10.0 Å². The van der Waals surface area contributed by atoms with Crippen molar-refractivity contribution in [1.82, 2.24) is 14.9 Å². The fourth-order valence-electron chi connectivity index (χ4n) is 2.67. The Morgan fingerprint density at radius 2 is 2.27 bits per heavy atom. The summed E-state index contributed by atoms with van der Waals surface area (Å²) in [5, 5.41) is 10.0. The van der Waals surface area contributed by atoms with Crippen LogP contribution >= 0.6 is 11.8 Å². The van der Waals surface area contributed by atoms with Gasteiger partial charge in [0.1, 0.15) is 0 Å². The van der Waals surface area contributed by atoms with E-state index >= 15 is 0 Å². The Bertz CT molecular complexity index is 567. The van der Waals surface area contributed by atoms with E-state index in [-0.39, 0.29) is 11.7 Å². The number of rotatable bonds is 5. The van der Waals surface area contributed by atoms with Crippen LogP contribution in [0.5, 0.6) is 0 Å². The number of thioether (sulfide) groups is 1. The molecular formula is C15H21N3O3S. The van der Waals surface area contributed by atoms with E-state index in [1.54, 1.807) is 17.2 Å². The lowest BCUT2D eigenvalue weighted by atomic mass is 9.77. The number of hydrogen-bond donors (Lipinski definition) is 1. The number of carbonyl (C=O) groups is 2. The van der Waals surface area contributed by atoms with Gasteiger partial charge in [0.25, 0.3) is 0 Å². The number of carboxylic acids is 1. The van der Waals surface area contributed by atoms with Crippen LogP contribution in [0.3, 0.4) is 0 Å². The topological polar surface area (TPSA) is 83.4 Å². The molecule has 6 nitrogen and oxygen atoms in total. The zero-order chi connectivity index (χ0) is 16.2. The highest BCUT2D eigenvalue weighted by molar-refractivity contribution is 7.99. The van der Waals surface area contributed by atoms with E-state index in [2.05, 4.69) is 9.97 Å². The van der Waals surface area contributed by atoms with E-state index in [4.69, 9.17) is 0 Å². The Balaban J connectivity index is 1.96. The molecule has 2 rings (SSSR count). The number of aliphatic carboxylic acids is 1. The van der Waals surface area contributed by atoms with Crippen molar-refractivity contribution in [3.63, 3.8) is 0 Å². The Kier molecular flexibility index (Phi) is 5.39. The van der Waals surface area contributed by atoms with Crippen LogP contribution in [-0.4, -0.2) is 50.7 Å². The highest BCUT2D eigenvalue weighted by Gasteiger charge is 2.41. The number of carbonyl (C=O) groups excluding carboxylic acids is 1. The van der Waals surface area contributed by atoms with Crippen LogP contribution < -0.4 is 0 Å². The summed E-state index contributed by atoms with van der Waals surface area (Å²) in [6.45, 7) is 4.67. The van der Waals surface area contributed by atoms with Crippen molar-refractivity contribution >= 4 is 23.6 Å². The van der Waals surface area contributed by atoms with Gasteiger partial charge in [-0.1, -0.05) is 18.7 Å². The van der Waals surface area contributed by atoms with Gasteiger partial charge in [0.15, 0.2) is 5.16 Å². The van der Waals surface area contributed by atoms with Crippen molar-refractivity contribution in [1.29, 1.82) is 0 Å². The Morgan fingerprint density at radius 3 is 2.91 bits per heavy atom. The molecule has 1 saturated heterocycles. The molecule has 0 aliphatic carbocycles. The molecule has 1 aromatic rings. The molecule has 2 heterocycles. The van der Waals surface area contributed by atoms with Gasteiger partial charge in [-0.05, 0) is 32.3 Å². The Labute approximate surface area is 134 Å². The van der Waals surface area contributed by atoms with Crippen molar-refractivity contribution in [3.05, 3.63) is 18.0 Å². The summed E-state index contributed by atoms with van der Waals surface area (Å²) >= 11 is 1.29. The molecule has 1 aliphatic heterocycles. The molecule has 0 bridgehead atoms. The Hall–Kier alpha value is -1.63. The summed E-state index contributed by atoms with van der Waals surface area (Å²) in [5.41, 5.74) is 0.0668. The van der Waals surface area contributed by atoms with Gasteiger partial charge in [-0.25, -0.2) is 9.97 Å². The summed E-state index contributed by atoms with van der Waals surface area (Å²) < 4.78 is 0. The van der Waals surface area contributed by atoms with E-state index in [0.717, 1.165) is 12.1 Å². The summed E-state index contributed by atoms with van der Waals surface area (Å²) in [7, 11) is 0. The number of aromatic nitrogens is 2. The van der Waals surface area contributed by atoms with Crippen molar-refractivity contribution in [2.24, 2.45) is 5.41 Å². The predicted octanol–water partition coefficient (Wildman–Crippen LogP) is 1.98. The van der Waals surface area contributed by atoms with Crippen LogP contribution in [0.2, 0.25) is 0 Å². The molecule has 1 N–H and O–H groups in total. The molecule has 0 radical (unpaired) electrons. The van der Waals surface area contributed by atoms with Gasteiger partial charge in [-0.2, -0.15) is 0 Å². The van der Waals surface area contributed by atoms with E-state index in [1.165, 1.54) is 11.8 Å². The summed E-state index contributed by atoms with van der Waals surface area (Å²) in [6, 6.07) is 1.80. The standard InChI is InChI=1S/C15H21N3O3S/c1-3-15(13(20)21)6-4-8-18(10-15)12(19)9-22-14-16-7-5-11(2)17-14/h5,7H,3-4,6,8-10H2,1-2H3,(H,20,21). The van der Waals surface area contributed by atoms with Crippen LogP contribution in [0.4, 0.5) is 0 Å². The number of hydrogen-bond acceptors (Lipinski definition) is 5. The fourth-order valence-corrected chi connectivity index (χ4v) is 3.45. The first kappa shape index (κ1) is 16.7. The van der Waals surface area contributed by atoms with Gasteiger partial charge in [-0.3, -0.25) is 9.59 Å². The van der Waals surface area contributed by atoms with E-state index in [0.29, 0.717) is 31.1 Å². The quantitative estimate of drug-likeness (QED) is 0.659. The molecule has 1 aliphatic rings. The predicted molar refractivity (Wildman–Crippen MR) is 83.7 cm³/mol. The van der Waals surface area contributed by atoms with Gasteiger partial charge in [-0.15, -0.1) is 0 Å². The molecule has 22 heavy (non-hydrogen) atoms. The number of aryl methyl sites for hydroxylation is 1. The van der Waals surface area contributed by atoms with E-state index in [9.17, 15) is 14.7 Å². The maximum absolute atomic E-state index is 12.3. The van der Waals surface area contributed by atoms with Crippen LogP contribution in [0.25, 0.3) is 0 Å². The molecule has 1 fully saturated rings. The van der Waals surface area contributed by atoms with Crippen LogP contribution in [0.15, 0.2) is 17.4 Å². The molecule has 7 heteroatoms. The molecule has 0 spiro atoms. The second-order valence-electron chi connectivity index (χ2n) is 5.63. The average Bonchev–Trinajstić information content (AvgIpc) is 2.52. The SMILES string of the molecule is CCC1(C(=O)O)CCCN(C(=O)CSc2nccc(C)n2)C1. The van der Waals surface area contributed by atoms with Crippen molar-refractivity contribution in [3.8, 4) is 0 Å². The van der Waals surface area contributed by atoms with Gasteiger partial charge in [0.2, 0.25) is 5.91 Å². The first-order valence-electron chi connectivity index (χ1n) is 7.40. The molecule has 0 saturated carbocycles. The van der Waals surface area contributed by atoms with Gasteiger partial charge in [0.05, 0.1) is 11.2 Å². The second-order valence-corrected chi connectivity index (χ2v) is 6.57. The number of carboxylic acid groups (broad SMARTS) is 1. The lowest BCUT2D eigenvalue weighted by molar-refractivity contribution is -0.154. The van der Waals surface area contributed by atoms with Gasteiger partial charge in [0, 0.05) is 25.0 Å². The van der Waals surface area contributed by atoms with Crippen molar-refractivity contribution in [2.75, 3.05) is 18.8 Å². The number of piperidine rings is 1. The van der Waals surface area contributed by atoms with Gasteiger partial charge >= 0.3 is 5.97 Å². The van der Waals surface area contributed by atoms with E-state index < -0.39 is 11.4 Å². The molecule has 120 valence electrons. The lowest BCUT2D eigenvalue weighted by Gasteiger charge is -2.39. The number of likely N-dealkylation sites (tertiary alicyclic amines) is 1. The largest absolute Gasteiger partial charge is 0.481 e. The smallest absolute Gasteiger partial charge is 0.311 e. The fraction of sp³-hybridized carbons (Fsp3) is 0.600. The molecule has 1 atom stereocenters. The van der Waals surface area contributed by atoms with Crippen LogP contribution in [0, 0.1) is 12.3 Å². The minimum Gasteiger partial charge on any atom is -0.481 e. The first-order chi connectivity index (χ1) is 10.5. The lowest BCUT2D eigenvalue weighted by Crippen LogP contribution is -2.50. The van der Waals surface area contributed by atoms with Crippen LogP contribution in [-0.2, 0) is 9.59 Å². The summed E-state index contributed by atoms with van der Waals surface area (Å²) in [5.74, 6) is -0.612. The Morgan fingerprint density at radius 1 is 1.50 bits per heavy atom. The third kappa shape index (κ3) is 3.76. The average molecular weight is 323 g/mol. The van der Waals surface area contributed by atoms with Crippen LogP contribution in [0.1, 0.15) is 31.9 Å². The normalized spacial score (nSPS) is 21.6. The summed E-state index contributed by atoms with van der Waals surface area (Å²) in [4.78, 5) is 33.9. The third-order valence-electron chi connectivity index (χ3n) is 4.16. The second kappa shape index (κ2) is 7.09. The molecule has 0 aromatic carbocycles. The molecular weight excluding hydrogens is 302 g/mol.